The Morgan fingerprint density at radius 2 is 2.07 bits per heavy atom. The largest absolute Gasteiger partial charge is 0.858 e. The molecule has 0 amide bonds. The first kappa shape index (κ1) is 19.9. The summed E-state index contributed by atoms with van der Waals surface area (Å²) in [7, 11) is 0. The molecule has 4 aliphatic rings. The number of nitrogens with zero attached hydrogens (tertiary/aromatic N) is 2. The highest BCUT2D eigenvalue weighted by Gasteiger charge is 2.50. The van der Waals surface area contributed by atoms with Crippen LogP contribution in [0.15, 0.2) is 17.5 Å². The first-order valence-electron chi connectivity index (χ1n) is 10.5. The summed E-state index contributed by atoms with van der Waals surface area (Å²) in [6, 6.07) is 4.05. The lowest BCUT2D eigenvalue weighted by Crippen LogP contribution is -2.67. The molecule has 4 fully saturated rings. The molecule has 1 N–H and O–H groups in total. The van der Waals surface area contributed by atoms with E-state index in [-0.39, 0.29) is 18.6 Å². The van der Waals surface area contributed by atoms with Gasteiger partial charge in [0.15, 0.2) is 11.6 Å². The number of likely N-dealkylation sites (tertiary alicyclic amines) is 1. The van der Waals surface area contributed by atoms with Gasteiger partial charge in [0.1, 0.15) is 13.1 Å². The van der Waals surface area contributed by atoms with Gasteiger partial charge < -0.3 is 19.7 Å². The van der Waals surface area contributed by atoms with Gasteiger partial charge >= 0.3 is 5.97 Å². The Labute approximate surface area is 171 Å². The molecule has 6 nitrogen and oxygen atoms in total. The highest BCUT2D eigenvalue weighted by Crippen LogP contribution is 2.39. The number of ether oxygens (including phenoxy) is 1. The number of carbonyl (C=O) groups is 1. The molecule has 5 heterocycles. The molecule has 0 radical (unpaired) electrons. The molecular weight excluding hydrogens is 374 g/mol. The lowest BCUT2D eigenvalue weighted by atomic mass is 9.83. The van der Waals surface area contributed by atoms with E-state index in [0.717, 1.165) is 56.7 Å². The fourth-order valence-electron chi connectivity index (χ4n) is 5.42. The molecule has 2 atom stereocenters. The van der Waals surface area contributed by atoms with Crippen molar-refractivity contribution in [3.63, 3.8) is 0 Å². The summed E-state index contributed by atoms with van der Waals surface area (Å²) >= 11 is 1.62. The normalized spacial score (nSPS) is 32.6. The second-order valence-electron chi connectivity index (χ2n) is 8.93. The number of thiophene rings is 1. The van der Waals surface area contributed by atoms with Gasteiger partial charge in [-0.2, -0.15) is 0 Å². The van der Waals surface area contributed by atoms with E-state index in [0.29, 0.717) is 16.9 Å². The SMILES string of the molecule is CC(C(=O)O[C@@H]1C[N+]2(CC(=N)[O-])CCC1CC2)(c1cccs1)N1CCCCC1. The predicted molar refractivity (Wildman–Crippen MR) is 107 cm³/mol. The topological polar surface area (TPSA) is 76.5 Å². The van der Waals surface area contributed by atoms with Gasteiger partial charge in [0.25, 0.3) is 0 Å². The van der Waals surface area contributed by atoms with Gasteiger partial charge in [0.05, 0.1) is 13.1 Å². The third kappa shape index (κ3) is 3.60. The van der Waals surface area contributed by atoms with Crippen LogP contribution in [0.1, 0.15) is 43.9 Å². The van der Waals surface area contributed by atoms with E-state index >= 15 is 0 Å². The molecule has 7 heteroatoms. The zero-order valence-electron chi connectivity index (χ0n) is 16.7. The molecule has 4 saturated heterocycles. The Kier molecular flexibility index (Phi) is 5.51. The molecule has 0 aliphatic carbocycles. The molecule has 0 aromatic carbocycles. The van der Waals surface area contributed by atoms with Crippen LogP contribution >= 0.6 is 11.3 Å². The highest BCUT2D eigenvalue weighted by molar-refractivity contribution is 7.10. The van der Waals surface area contributed by atoms with Crippen LogP contribution in [0.25, 0.3) is 0 Å². The summed E-state index contributed by atoms with van der Waals surface area (Å²) in [5.41, 5.74) is -0.739. The maximum absolute atomic E-state index is 13.6. The van der Waals surface area contributed by atoms with Crippen molar-refractivity contribution in [3.8, 4) is 0 Å². The van der Waals surface area contributed by atoms with Crippen LogP contribution in [-0.4, -0.2) is 66.6 Å². The van der Waals surface area contributed by atoms with Gasteiger partial charge in [-0.25, -0.2) is 4.79 Å². The molecule has 1 unspecified atom stereocenters. The Balaban J connectivity index is 1.54. The lowest BCUT2D eigenvalue weighted by Gasteiger charge is -2.53. The molecule has 28 heavy (non-hydrogen) atoms. The second kappa shape index (κ2) is 7.76. The maximum atomic E-state index is 13.6. The molecule has 2 bridgehead atoms. The summed E-state index contributed by atoms with van der Waals surface area (Å²) < 4.78 is 6.83. The van der Waals surface area contributed by atoms with Crippen molar-refractivity contribution in [2.75, 3.05) is 39.3 Å². The molecule has 0 spiro atoms. The van der Waals surface area contributed by atoms with Crippen molar-refractivity contribution in [3.05, 3.63) is 22.4 Å². The smallest absolute Gasteiger partial charge is 0.332 e. The van der Waals surface area contributed by atoms with Gasteiger partial charge in [-0.05, 0) is 44.3 Å². The average molecular weight is 406 g/mol. The molecule has 154 valence electrons. The molecular formula is C21H31N3O3S. The van der Waals surface area contributed by atoms with Crippen LogP contribution in [0.4, 0.5) is 0 Å². The number of hydrogen-bond donors (Lipinski definition) is 1. The lowest BCUT2D eigenvalue weighted by molar-refractivity contribution is -0.940. The van der Waals surface area contributed by atoms with Crippen LogP contribution in [0.3, 0.4) is 0 Å². The monoisotopic (exact) mass is 405 g/mol. The molecule has 1 aromatic heterocycles. The quantitative estimate of drug-likeness (QED) is 0.340. The highest BCUT2D eigenvalue weighted by atomic mass is 32.1. The Morgan fingerprint density at radius 1 is 1.36 bits per heavy atom. The van der Waals surface area contributed by atoms with Crippen molar-refractivity contribution in [2.45, 2.75) is 50.7 Å². The van der Waals surface area contributed by atoms with Gasteiger partial charge in [-0.1, -0.05) is 12.5 Å². The van der Waals surface area contributed by atoms with Crippen LogP contribution < -0.4 is 5.11 Å². The molecule has 1 aromatic rings. The van der Waals surface area contributed by atoms with Crippen LogP contribution in [0, 0.1) is 11.3 Å². The van der Waals surface area contributed by atoms with Crippen molar-refractivity contribution < 1.29 is 19.1 Å². The Hall–Kier alpha value is -1.44. The first-order chi connectivity index (χ1) is 13.4. The zero-order valence-corrected chi connectivity index (χ0v) is 17.5. The van der Waals surface area contributed by atoms with Crippen molar-refractivity contribution in [1.29, 1.82) is 5.41 Å². The number of nitrogens with one attached hydrogen (secondary N) is 1. The summed E-state index contributed by atoms with van der Waals surface area (Å²) in [6.07, 6.45) is 5.27. The second-order valence-corrected chi connectivity index (χ2v) is 9.88. The number of carbonyl (C=O) groups excluding carboxylic acids is 1. The molecule has 4 aliphatic heterocycles. The van der Waals surface area contributed by atoms with E-state index in [1.54, 1.807) is 11.3 Å². The number of rotatable bonds is 6. The summed E-state index contributed by atoms with van der Waals surface area (Å²) in [5, 5.41) is 20.9. The minimum Gasteiger partial charge on any atom is -0.858 e. The molecule has 5 rings (SSSR count). The summed E-state index contributed by atoms with van der Waals surface area (Å²) in [4.78, 5) is 16.9. The van der Waals surface area contributed by atoms with Crippen LogP contribution in [0.5, 0.6) is 0 Å². The Bertz CT molecular complexity index is 708. The van der Waals surface area contributed by atoms with Crippen LogP contribution in [-0.2, 0) is 15.1 Å². The van der Waals surface area contributed by atoms with Crippen molar-refractivity contribution in [1.82, 2.24) is 4.90 Å². The first-order valence-corrected chi connectivity index (χ1v) is 11.4. The number of esters is 1. The van der Waals surface area contributed by atoms with Gasteiger partial charge in [-0.15, -0.1) is 11.3 Å². The predicted octanol–water partition coefficient (Wildman–Crippen LogP) is 1.94. The number of fused-ring (bicyclic) bond motifs is 3. The standard InChI is InChI=1S/C21H31N3O3S/c1-21(18-6-5-13-28-18,23-9-3-2-4-10-23)20(26)27-17-14-24(15-19(22)25)11-7-16(17)8-12-24/h5-6,13,16-17H,2-4,7-12,14-15H2,1H3,(H-,22,25)/t16?,17-,21?,24?/m1/s1. The van der Waals surface area contributed by atoms with Crippen molar-refractivity contribution >= 4 is 23.2 Å². The minimum atomic E-state index is -0.739. The fraction of sp³-hybridized carbons (Fsp3) is 0.714. The minimum absolute atomic E-state index is 0.140. The van der Waals surface area contributed by atoms with Crippen LogP contribution in [0.2, 0.25) is 0 Å². The van der Waals surface area contributed by atoms with Gasteiger partial charge in [0, 0.05) is 29.5 Å². The number of quaternary nitrogens is 1. The van der Waals surface area contributed by atoms with Gasteiger partial charge in [-0.3, -0.25) is 4.90 Å². The van der Waals surface area contributed by atoms with E-state index in [1.165, 1.54) is 6.42 Å². The van der Waals surface area contributed by atoms with Gasteiger partial charge in [0.2, 0.25) is 0 Å². The number of hydrogen-bond acceptors (Lipinski definition) is 6. The average Bonchev–Trinajstić information content (AvgIpc) is 3.23. The molecule has 0 saturated carbocycles. The third-order valence-electron chi connectivity index (χ3n) is 7.17. The van der Waals surface area contributed by atoms with E-state index in [4.69, 9.17) is 10.1 Å². The van der Waals surface area contributed by atoms with E-state index in [2.05, 4.69) is 4.90 Å². The van der Waals surface area contributed by atoms with E-state index in [9.17, 15) is 9.90 Å². The van der Waals surface area contributed by atoms with E-state index in [1.807, 2.05) is 24.4 Å². The van der Waals surface area contributed by atoms with Crippen molar-refractivity contribution in [2.24, 2.45) is 5.92 Å². The summed E-state index contributed by atoms with van der Waals surface area (Å²) in [6.45, 7) is 6.65. The Morgan fingerprint density at radius 3 is 2.68 bits per heavy atom. The fourth-order valence-corrected chi connectivity index (χ4v) is 6.32. The number of piperidine rings is 4. The maximum Gasteiger partial charge on any atom is 0.332 e. The summed E-state index contributed by atoms with van der Waals surface area (Å²) in [5.74, 6) is -0.271. The zero-order chi connectivity index (χ0) is 19.8. The van der Waals surface area contributed by atoms with E-state index < -0.39 is 11.4 Å². The third-order valence-corrected chi connectivity index (χ3v) is 8.25.